The first-order chi connectivity index (χ1) is 23.9. The first-order valence-corrected chi connectivity index (χ1v) is 17.4. The Hall–Kier alpha value is -5.77. The average molecular weight is 681 g/mol. The molecule has 0 aliphatic rings. The second kappa shape index (κ2) is 15.9. The van der Waals surface area contributed by atoms with Crippen molar-refractivity contribution in [1.82, 2.24) is 10.3 Å². The summed E-state index contributed by atoms with van der Waals surface area (Å²) in [5, 5.41) is 11.0. The molecular weight excluding hydrogens is 649 g/mol. The highest BCUT2D eigenvalue weighted by atomic mass is 32.2. The van der Waals surface area contributed by atoms with E-state index in [0.717, 1.165) is 32.8 Å². The number of aryl methyl sites for hydroxylation is 1. The summed E-state index contributed by atoms with van der Waals surface area (Å²) in [5.41, 5.74) is 6.97. The lowest BCUT2D eigenvalue weighted by molar-refractivity contribution is -0.114. The van der Waals surface area contributed by atoms with Gasteiger partial charge in [0.1, 0.15) is 5.70 Å². The molecule has 3 amide bonds. The van der Waals surface area contributed by atoms with Crippen LogP contribution < -0.4 is 16.0 Å². The van der Waals surface area contributed by atoms with Crippen molar-refractivity contribution < 1.29 is 14.4 Å². The first kappa shape index (κ1) is 33.1. The molecule has 0 aliphatic heterocycles. The molecule has 0 unspecified atom stereocenters. The van der Waals surface area contributed by atoms with Crippen LogP contribution in [-0.4, -0.2) is 28.5 Å². The highest BCUT2D eigenvalue weighted by molar-refractivity contribution is 8.00. The van der Waals surface area contributed by atoms with Gasteiger partial charge in [-0.05, 0) is 66.1 Å². The van der Waals surface area contributed by atoms with Crippen molar-refractivity contribution in [2.75, 3.05) is 16.4 Å². The molecule has 9 heteroatoms. The van der Waals surface area contributed by atoms with Gasteiger partial charge in [0, 0.05) is 27.1 Å². The van der Waals surface area contributed by atoms with Crippen LogP contribution in [0.4, 0.5) is 10.8 Å². The van der Waals surface area contributed by atoms with Crippen molar-refractivity contribution in [2.24, 2.45) is 0 Å². The van der Waals surface area contributed by atoms with E-state index in [1.54, 1.807) is 42.5 Å². The summed E-state index contributed by atoms with van der Waals surface area (Å²) in [7, 11) is 0. The van der Waals surface area contributed by atoms with Crippen LogP contribution in [0.1, 0.15) is 21.5 Å². The van der Waals surface area contributed by atoms with Gasteiger partial charge >= 0.3 is 0 Å². The van der Waals surface area contributed by atoms with E-state index in [9.17, 15) is 14.4 Å². The summed E-state index contributed by atoms with van der Waals surface area (Å²) in [6.07, 6.45) is 1.65. The Kier molecular flexibility index (Phi) is 10.7. The minimum atomic E-state index is -0.468. The largest absolute Gasteiger partial charge is 0.321 e. The molecule has 0 saturated carbocycles. The van der Waals surface area contributed by atoms with Crippen molar-refractivity contribution in [3.63, 3.8) is 0 Å². The van der Waals surface area contributed by atoms with Gasteiger partial charge in [0.05, 0.1) is 11.4 Å². The number of carbonyl (C=O) groups is 3. The average Bonchev–Trinajstić information content (AvgIpc) is 3.60. The van der Waals surface area contributed by atoms with Gasteiger partial charge in [-0.15, -0.1) is 23.1 Å². The van der Waals surface area contributed by atoms with Crippen LogP contribution in [-0.2, 0) is 9.59 Å². The number of thiazole rings is 1. The zero-order chi connectivity index (χ0) is 34.0. The summed E-state index contributed by atoms with van der Waals surface area (Å²) in [6, 6.07) is 41.8. The summed E-state index contributed by atoms with van der Waals surface area (Å²) in [5.74, 6) is -0.818. The molecule has 6 aromatic rings. The molecule has 1 heterocycles. The molecular formula is C40H32N4O3S2. The van der Waals surface area contributed by atoms with Crippen LogP contribution in [0, 0.1) is 6.92 Å². The Morgan fingerprint density at radius 1 is 0.714 bits per heavy atom. The monoisotopic (exact) mass is 680 g/mol. The van der Waals surface area contributed by atoms with Crippen LogP contribution in [0.5, 0.6) is 0 Å². The second-order valence-electron chi connectivity index (χ2n) is 11.1. The third kappa shape index (κ3) is 9.19. The Morgan fingerprint density at radius 3 is 2.04 bits per heavy atom. The SMILES string of the molecule is Cc1ccc(-c2csc(NC(=O)CSc3ccc(NC(=O)/C(=C/c4ccc(-c5ccccc5)cc4)NC(=O)c4ccccc4)cc3)n2)cc1. The number of thioether (sulfide) groups is 1. The fourth-order valence-electron chi connectivity index (χ4n) is 4.84. The molecule has 242 valence electrons. The van der Waals surface area contributed by atoms with E-state index in [0.29, 0.717) is 16.4 Å². The topological polar surface area (TPSA) is 100 Å². The van der Waals surface area contributed by atoms with Crippen molar-refractivity contribution in [2.45, 2.75) is 11.8 Å². The highest BCUT2D eigenvalue weighted by Gasteiger charge is 2.16. The summed E-state index contributed by atoms with van der Waals surface area (Å²) in [6.45, 7) is 2.04. The van der Waals surface area contributed by atoms with Crippen molar-refractivity contribution >= 4 is 57.7 Å². The van der Waals surface area contributed by atoms with Crippen LogP contribution in [0.25, 0.3) is 28.5 Å². The van der Waals surface area contributed by atoms with Crippen molar-refractivity contribution in [1.29, 1.82) is 0 Å². The molecule has 0 aliphatic carbocycles. The van der Waals surface area contributed by atoms with Crippen LogP contribution >= 0.6 is 23.1 Å². The van der Waals surface area contributed by atoms with Crippen molar-refractivity contribution in [3.05, 3.63) is 161 Å². The maximum Gasteiger partial charge on any atom is 0.272 e. The third-order valence-electron chi connectivity index (χ3n) is 7.44. The second-order valence-corrected chi connectivity index (χ2v) is 13.0. The van der Waals surface area contributed by atoms with Gasteiger partial charge in [-0.2, -0.15) is 0 Å². The van der Waals surface area contributed by atoms with E-state index in [-0.39, 0.29) is 17.4 Å². The smallest absolute Gasteiger partial charge is 0.272 e. The normalized spacial score (nSPS) is 11.1. The molecule has 0 spiro atoms. The number of carbonyl (C=O) groups excluding carboxylic acids is 3. The van der Waals surface area contributed by atoms with Gasteiger partial charge in [0.15, 0.2) is 5.13 Å². The molecule has 0 fully saturated rings. The van der Waals surface area contributed by atoms with Gasteiger partial charge in [-0.3, -0.25) is 14.4 Å². The predicted molar refractivity (Wildman–Crippen MR) is 200 cm³/mol. The van der Waals surface area contributed by atoms with Gasteiger partial charge in [-0.1, -0.05) is 103 Å². The van der Waals surface area contributed by atoms with E-state index < -0.39 is 11.8 Å². The van der Waals surface area contributed by atoms with Gasteiger partial charge < -0.3 is 16.0 Å². The van der Waals surface area contributed by atoms with E-state index >= 15 is 0 Å². The Bertz CT molecular complexity index is 2080. The predicted octanol–water partition coefficient (Wildman–Crippen LogP) is 8.93. The van der Waals surface area contributed by atoms with E-state index in [4.69, 9.17) is 0 Å². The first-order valence-electron chi connectivity index (χ1n) is 15.5. The molecule has 7 nitrogen and oxygen atoms in total. The molecule has 1 aromatic heterocycles. The minimum Gasteiger partial charge on any atom is -0.321 e. The molecule has 0 atom stereocenters. The minimum absolute atomic E-state index is 0.101. The maximum atomic E-state index is 13.5. The van der Waals surface area contributed by atoms with Crippen molar-refractivity contribution in [3.8, 4) is 22.4 Å². The molecule has 0 saturated heterocycles. The number of anilines is 2. The molecule has 0 radical (unpaired) electrons. The number of benzene rings is 5. The molecule has 0 bridgehead atoms. The fraction of sp³-hybridized carbons (Fsp3) is 0.0500. The number of nitrogens with zero attached hydrogens (tertiary/aromatic N) is 1. The highest BCUT2D eigenvalue weighted by Crippen LogP contribution is 2.26. The quantitative estimate of drug-likeness (QED) is 0.0938. The number of aromatic nitrogens is 1. The van der Waals surface area contributed by atoms with E-state index in [1.165, 1.54) is 28.7 Å². The Labute approximate surface area is 293 Å². The summed E-state index contributed by atoms with van der Waals surface area (Å²) < 4.78 is 0. The lowest BCUT2D eigenvalue weighted by Crippen LogP contribution is -2.30. The number of rotatable bonds is 11. The zero-order valence-electron chi connectivity index (χ0n) is 26.6. The Morgan fingerprint density at radius 2 is 1.35 bits per heavy atom. The van der Waals surface area contributed by atoms with Gasteiger partial charge in [-0.25, -0.2) is 4.98 Å². The molecule has 5 aromatic carbocycles. The third-order valence-corrected chi connectivity index (χ3v) is 9.21. The maximum absolute atomic E-state index is 13.5. The van der Waals surface area contributed by atoms with Crippen LogP contribution in [0.2, 0.25) is 0 Å². The number of amides is 3. The van der Waals surface area contributed by atoms with Gasteiger partial charge in [0.25, 0.3) is 11.8 Å². The van der Waals surface area contributed by atoms with Crippen LogP contribution in [0.3, 0.4) is 0 Å². The summed E-state index contributed by atoms with van der Waals surface area (Å²) in [4.78, 5) is 44.6. The Balaban J connectivity index is 1.08. The van der Waals surface area contributed by atoms with Gasteiger partial charge in [0.2, 0.25) is 5.91 Å². The lowest BCUT2D eigenvalue weighted by atomic mass is 10.0. The van der Waals surface area contributed by atoms with Crippen LogP contribution in [0.15, 0.2) is 149 Å². The number of hydrogen-bond acceptors (Lipinski definition) is 6. The zero-order valence-corrected chi connectivity index (χ0v) is 28.2. The lowest BCUT2D eigenvalue weighted by Gasteiger charge is -2.12. The fourth-order valence-corrected chi connectivity index (χ4v) is 6.27. The molecule has 49 heavy (non-hydrogen) atoms. The van der Waals surface area contributed by atoms with E-state index in [2.05, 4.69) is 20.9 Å². The van der Waals surface area contributed by atoms with E-state index in [1.807, 2.05) is 109 Å². The number of hydrogen-bond donors (Lipinski definition) is 3. The standard InChI is InChI=1S/C40H32N4O3S2/c1-27-12-16-31(17-13-27)36-25-49-40(43-36)44-37(45)26-48-34-22-20-33(21-23-34)41-39(47)35(42-38(46)32-10-6-3-7-11-32)24-28-14-18-30(19-15-28)29-8-4-2-5-9-29/h2-25H,26H2,1H3,(H,41,47)(H,42,46)(H,43,44,45)/b35-24-. The molecule has 3 N–H and O–H groups in total. The number of nitrogens with one attached hydrogen (secondary N) is 3. The summed E-state index contributed by atoms with van der Waals surface area (Å²) >= 11 is 2.76. The molecule has 6 rings (SSSR count).